The first-order chi connectivity index (χ1) is 14.4. The van der Waals surface area contributed by atoms with Crippen molar-refractivity contribution in [1.82, 2.24) is 4.31 Å². The Bertz CT molecular complexity index is 687. The van der Waals surface area contributed by atoms with Gasteiger partial charge in [0, 0.05) is 37.8 Å². The van der Waals surface area contributed by atoms with Crippen LogP contribution < -0.4 is 0 Å². The van der Waals surface area contributed by atoms with E-state index in [-0.39, 0.29) is 5.75 Å². The number of ether oxygens (including phenoxy) is 1. The summed E-state index contributed by atoms with van der Waals surface area (Å²) < 4.78 is 33.9. The van der Waals surface area contributed by atoms with E-state index in [1.165, 1.54) is 51.4 Å². The number of rotatable bonds is 8. The van der Waals surface area contributed by atoms with E-state index in [0.29, 0.717) is 37.8 Å². The zero-order valence-corrected chi connectivity index (χ0v) is 19.3. The Balaban J connectivity index is 1.14. The minimum Gasteiger partial charge on any atom is -0.312 e. The maximum atomic E-state index is 12.8. The van der Waals surface area contributed by atoms with E-state index in [1.54, 1.807) is 4.31 Å². The maximum absolute atomic E-state index is 12.8. The zero-order chi connectivity index (χ0) is 20.8. The summed E-state index contributed by atoms with van der Waals surface area (Å²) in [6.07, 6.45) is 13.9. The molecule has 0 aromatic rings. The highest BCUT2D eigenvalue weighted by molar-refractivity contribution is 7.89. The lowest BCUT2D eigenvalue weighted by Gasteiger charge is -2.57. The smallest absolute Gasteiger partial charge is 0.214 e. The highest BCUT2D eigenvalue weighted by atomic mass is 32.2. The summed E-state index contributed by atoms with van der Waals surface area (Å²) in [5.74, 6) is 1.53. The standard InChI is InChI=1S/C23H39NO5S/c1-2-3-4-5-6-7-12-30(25,26)24-10-8-22(9-11-24)27-23(29-28-22)20-14-18-13-19(16-20)17-21(23)15-18/h18-21H,2-17H2,1H3. The summed E-state index contributed by atoms with van der Waals surface area (Å²) in [4.78, 5) is 12.0. The third-order valence-electron chi connectivity index (χ3n) is 8.58. The van der Waals surface area contributed by atoms with Gasteiger partial charge in [-0.05, 0) is 50.4 Å². The highest BCUT2D eigenvalue weighted by Crippen LogP contribution is 2.63. The topological polar surface area (TPSA) is 65.1 Å². The van der Waals surface area contributed by atoms with Gasteiger partial charge in [-0.25, -0.2) is 12.7 Å². The second kappa shape index (κ2) is 8.29. The fourth-order valence-electron chi connectivity index (χ4n) is 7.09. The van der Waals surface area contributed by atoms with Crippen LogP contribution in [0.3, 0.4) is 0 Å². The first-order valence-corrected chi connectivity index (χ1v) is 14.1. The van der Waals surface area contributed by atoms with Crippen molar-refractivity contribution in [1.29, 1.82) is 0 Å². The van der Waals surface area contributed by atoms with Crippen molar-refractivity contribution >= 4 is 10.0 Å². The zero-order valence-electron chi connectivity index (χ0n) is 18.5. The van der Waals surface area contributed by atoms with Gasteiger partial charge in [-0.3, -0.25) is 0 Å². The summed E-state index contributed by atoms with van der Waals surface area (Å²) in [5, 5.41) is 0. The molecule has 6 nitrogen and oxygen atoms in total. The Hall–Kier alpha value is -0.210. The van der Waals surface area contributed by atoms with Gasteiger partial charge in [0.1, 0.15) is 0 Å². The molecular weight excluding hydrogens is 402 g/mol. The van der Waals surface area contributed by atoms with Crippen molar-refractivity contribution in [2.75, 3.05) is 18.8 Å². The molecule has 7 heteroatoms. The van der Waals surface area contributed by atoms with Crippen LogP contribution in [0, 0.1) is 23.7 Å². The molecule has 6 fully saturated rings. The fraction of sp³-hybridized carbons (Fsp3) is 1.00. The third kappa shape index (κ3) is 3.87. The number of piperidine rings is 1. The lowest BCUT2D eigenvalue weighted by molar-refractivity contribution is -0.390. The minimum atomic E-state index is -3.19. The van der Waals surface area contributed by atoms with E-state index >= 15 is 0 Å². The lowest BCUT2D eigenvalue weighted by Crippen LogP contribution is -2.59. The van der Waals surface area contributed by atoms with Crippen LogP contribution in [0.2, 0.25) is 0 Å². The molecule has 2 heterocycles. The quantitative estimate of drug-likeness (QED) is 0.407. The molecule has 2 aliphatic heterocycles. The summed E-state index contributed by atoms with van der Waals surface area (Å²) in [6, 6.07) is 0. The molecule has 4 bridgehead atoms. The normalized spacial score (nSPS) is 40.0. The van der Waals surface area contributed by atoms with Crippen molar-refractivity contribution in [3.63, 3.8) is 0 Å². The summed E-state index contributed by atoms with van der Waals surface area (Å²) in [5.41, 5.74) is 0. The predicted octanol–water partition coefficient (Wildman–Crippen LogP) is 4.60. The molecule has 0 unspecified atom stereocenters. The molecule has 2 spiro atoms. The van der Waals surface area contributed by atoms with Gasteiger partial charge >= 0.3 is 0 Å². The predicted molar refractivity (Wildman–Crippen MR) is 114 cm³/mol. The largest absolute Gasteiger partial charge is 0.312 e. The molecule has 0 amide bonds. The number of hydrogen-bond acceptors (Lipinski definition) is 5. The molecule has 0 aromatic carbocycles. The Morgan fingerprint density at radius 1 is 0.833 bits per heavy atom. The van der Waals surface area contributed by atoms with Gasteiger partial charge in [0.15, 0.2) is 0 Å². The van der Waals surface area contributed by atoms with E-state index in [1.807, 2.05) is 0 Å². The SMILES string of the molecule is CCCCCCCCS(=O)(=O)N1CCC2(CC1)OOC1(O2)C2CC3CC(C2)CC1C3. The summed E-state index contributed by atoms with van der Waals surface area (Å²) in [6.45, 7) is 3.14. The van der Waals surface area contributed by atoms with Crippen LogP contribution in [0.25, 0.3) is 0 Å². The van der Waals surface area contributed by atoms with E-state index in [0.717, 1.165) is 31.1 Å². The summed E-state index contributed by atoms with van der Waals surface area (Å²) in [7, 11) is -3.19. The van der Waals surface area contributed by atoms with E-state index in [9.17, 15) is 8.42 Å². The van der Waals surface area contributed by atoms with Gasteiger partial charge in [0.2, 0.25) is 21.6 Å². The molecule has 0 aromatic heterocycles. The van der Waals surface area contributed by atoms with Gasteiger partial charge in [0.05, 0.1) is 5.75 Å². The van der Waals surface area contributed by atoms with Crippen molar-refractivity contribution in [2.45, 2.75) is 102 Å². The van der Waals surface area contributed by atoms with Gasteiger partial charge in [-0.2, -0.15) is 9.78 Å². The summed E-state index contributed by atoms with van der Waals surface area (Å²) >= 11 is 0. The van der Waals surface area contributed by atoms with Crippen LogP contribution in [0.5, 0.6) is 0 Å². The van der Waals surface area contributed by atoms with Crippen LogP contribution in [0.15, 0.2) is 0 Å². The molecule has 6 rings (SSSR count). The minimum absolute atomic E-state index is 0.265. The molecule has 4 aliphatic carbocycles. The Morgan fingerprint density at radius 3 is 2.07 bits per heavy atom. The second-order valence-electron chi connectivity index (χ2n) is 10.7. The van der Waals surface area contributed by atoms with Crippen molar-refractivity contribution in [3.05, 3.63) is 0 Å². The maximum Gasteiger partial charge on any atom is 0.214 e. The van der Waals surface area contributed by atoms with Gasteiger partial charge in [0.25, 0.3) is 0 Å². The van der Waals surface area contributed by atoms with Crippen LogP contribution in [0.1, 0.15) is 90.4 Å². The second-order valence-corrected chi connectivity index (χ2v) is 12.8. The Morgan fingerprint density at radius 2 is 1.43 bits per heavy atom. The number of hydrogen-bond donors (Lipinski definition) is 0. The first-order valence-electron chi connectivity index (χ1n) is 12.5. The van der Waals surface area contributed by atoms with Gasteiger partial charge in [-0.15, -0.1) is 0 Å². The Kier molecular flexibility index (Phi) is 5.98. The van der Waals surface area contributed by atoms with Crippen LogP contribution in [0.4, 0.5) is 0 Å². The van der Waals surface area contributed by atoms with Crippen LogP contribution in [-0.4, -0.2) is 43.1 Å². The van der Waals surface area contributed by atoms with Gasteiger partial charge < -0.3 is 4.74 Å². The van der Waals surface area contributed by atoms with Crippen molar-refractivity contribution < 1.29 is 22.9 Å². The third-order valence-corrected chi connectivity index (χ3v) is 10.5. The monoisotopic (exact) mass is 441 g/mol. The van der Waals surface area contributed by atoms with Crippen LogP contribution in [-0.2, 0) is 24.5 Å². The molecule has 0 radical (unpaired) electrons. The molecule has 2 saturated heterocycles. The molecule has 6 aliphatic rings. The van der Waals surface area contributed by atoms with Gasteiger partial charge in [-0.1, -0.05) is 39.0 Å². The van der Waals surface area contributed by atoms with E-state index < -0.39 is 21.6 Å². The molecule has 4 saturated carbocycles. The number of sulfonamides is 1. The van der Waals surface area contributed by atoms with Crippen molar-refractivity contribution in [2.24, 2.45) is 23.7 Å². The molecule has 30 heavy (non-hydrogen) atoms. The first kappa shape index (κ1) is 21.6. The van der Waals surface area contributed by atoms with E-state index in [4.69, 9.17) is 14.5 Å². The fourth-order valence-corrected chi connectivity index (χ4v) is 8.66. The molecular formula is C23H39NO5S. The average Bonchev–Trinajstić information content (AvgIpc) is 3.09. The molecule has 0 atom stereocenters. The van der Waals surface area contributed by atoms with Crippen molar-refractivity contribution in [3.8, 4) is 0 Å². The highest BCUT2D eigenvalue weighted by Gasteiger charge is 2.66. The lowest BCUT2D eigenvalue weighted by atomic mass is 9.53. The number of unbranched alkanes of at least 4 members (excludes halogenated alkanes) is 5. The molecule has 172 valence electrons. The average molecular weight is 442 g/mol. The van der Waals surface area contributed by atoms with Crippen LogP contribution >= 0.6 is 0 Å². The Labute approximate surface area is 182 Å². The van der Waals surface area contributed by atoms with E-state index in [2.05, 4.69) is 6.92 Å². The number of nitrogens with zero attached hydrogens (tertiary/aromatic N) is 1. The molecule has 0 N–H and O–H groups in total.